The Hall–Kier alpha value is -0.900. The van der Waals surface area contributed by atoms with Crippen molar-refractivity contribution in [2.75, 3.05) is 33.2 Å². The van der Waals surface area contributed by atoms with Crippen LogP contribution in [0, 0.1) is 0 Å². The number of hydrogen-bond acceptors (Lipinski definition) is 3. The minimum Gasteiger partial charge on any atom is -0.345 e. The van der Waals surface area contributed by atoms with Crippen LogP contribution >= 0.6 is 0 Å². The molecule has 0 unspecified atom stereocenters. The summed E-state index contributed by atoms with van der Waals surface area (Å²) in [6, 6.07) is 0. The summed E-state index contributed by atoms with van der Waals surface area (Å²) in [4.78, 5) is 26.7. The Morgan fingerprint density at radius 2 is 2.00 bits per heavy atom. The Kier molecular flexibility index (Phi) is 5.46. The molecule has 0 atom stereocenters. The quantitative estimate of drug-likeness (QED) is 0.699. The van der Waals surface area contributed by atoms with Crippen LogP contribution in [-0.2, 0) is 9.59 Å². The number of nitrogens with zero attached hydrogens (tertiary/aromatic N) is 2. The third-order valence-electron chi connectivity index (χ3n) is 3.05. The molecule has 0 N–H and O–H groups in total. The number of Topliss-reactive ketones (excluding diaryl/α,β-unsaturated/α-hetero) is 1. The standard InChI is InChI=1S/C12H22N2O2/c1-3-4-7-13(2)12(16)10-14-8-5-11(15)6-9-14/h3-10H2,1-2H3. The van der Waals surface area contributed by atoms with E-state index < -0.39 is 0 Å². The normalized spacial score (nSPS) is 17.5. The molecule has 1 fully saturated rings. The second kappa shape index (κ2) is 6.63. The highest BCUT2D eigenvalue weighted by Gasteiger charge is 2.19. The first kappa shape index (κ1) is 13.2. The molecule has 4 heteroatoms. The van der Waals surface area contributed by atoms with E-state index in [1.165, 1.54) is 0 Å². The van der Waals surface area contributed by atoms with Crippen molar-refractivity contribution < 1.29 is 9.59 Å². The number of piperidine rings is 1. The van der Waals surface area contributed by atoms with Gasteiger partial charge in [0.2, 0.25) is 5.91 Å². The van der Waals surface area contributed by atoms with Crippen LogP contribution < -0.4 is 0 Å². The zero-order valence-corrected chi connectivity index (χ0v) is 10.4. The van der Waals surface area contributed by atoms with Gasteiger partial charge in [-0.15, -0.1) is 0 Å². The van der Waals surface area contributed by atoms with E-state index in [9.17, 15) is 9.59 Å². The van der Waals surface area contributed by atoms with Gasteiger partial charge in [0.05, 0.1) is 6.54 Å². The lowest BCUT2D eigenvalue weighted by atomic mass is 10.1. The minimum absolute atomic E-state index is 0.169. The Labute approximate surface area is 97.6 Å². The molecule has 0 saturated carbocycles. The molecule has 0 aromatic carbocycles. The summed E-state index contributed by atoms with van der Waals surface area (Å²) in [5.74, 6) is 0.492. The van der Waals surface area contributed by atoms with Gasteiger partial charge in [-0.3, -0.25) is 14.5 Å². The fourth-order valence-electron chi connectivity index (χ4n) is 1.79. The molecule has 92 valence electrons. The average Bonchev–Trinajstić information content (AvgIpc) is 2.29. The van der Waals surface area contributed by atoms with Crippen LogP contribution in [0.25, 0.3) is 0 Å². The third kappa shape index (κ3) is 4.31. The number of amides is 1. The van der Waals surface area contributed by atoms with Crippen LogP contribution in [0.3, 0.4) is 0 Å². The van der Waals surface area contributed by atoms with E-state index in [-0.39, 0.29) is 5.91 Å². The Morgan fingerprint density at radius 3 is 2.56 bits per heavy atom. The van der Waals surface area contributed by atoms with Crippen molar-refractivity contribution in [3.8, 4) is 0 Å². The van der Waals surface area contributed by atoms with E-state index in [2.05, 4.69) is 11.8 Å². The maximum atomic E-state index is 11.8. The molecule has 1 heterocycles. The van der Waals surface area contributed by atoms with E-state index in [1.54, 1.807) is 4.90 Å². The molecule has 1 saturated heterocycles. The van der Waals surface area contributed by atoms with E-state index in [1.807, 2.05) is 7.05 Å². The van der Waals surface area contributed by atoms with Gasteiger partial charge < -0.3 is 4.90 Å². The van der Waals surface area contributed by atoms with Crippen molar-refractivity contribution in [1.29, 1.82) is 0 Å². The SMILES string of the molecule is CCCCN(C)C(=O)CN1CCC(=O)CC1. The molecule has 0 bridgehead atoms. The number of hydrogen-bond donors (Lipinski definition) is 0. The van der Waals surface area contributed by atoms with Gasteiger partial charge in [0.25, 0.3) is 0 Å². The first-order valence-corrected chi connectivity index (χ1v) is 6.11. The smallest absolute Gasteiger partial charge is 0.236 e. The van der Waals surface area contributed by atoms with E-state index >= 15 is 0 Å². The van der Waals surface area contributed by atoms with Crippen LogP contribution in [0.15, 0.2) is 0 Å². The molecular weight excluding hydrogens is 204 g/mol. The van der Waals surface area contributed by atoms with Gasteiger partial charge in [-0.2, -0.15) is 0 Å². The molecule has 1 aliphatic heterocycles. The predicted molar refractivity (Wildman–Crippen MR) is 63.2 cm³/mol. The number of carbonyl (C=O) groups excluding carboxylic acids is 2. The lowest BCUT2D eigenvalue weighted by Gasteiger charge is -2.27. The molecule has 0 aromatic rings. The van der Waals surface area contributed by atoms with Crippen LogP contribution in [0.5, 0.6) is 0 Å². The maximum Gasteiger partial charge on any atom is 0.236 e. The number of carbonyl (C=O) groups is 2. The summed E-state index contributed by atoms with van der Waals surface area (Å²) < 4.78 is 0. The van der Waals surface area contributed by atoms with Gasteiger partial charge in [-0.05, 0) is 6.42 Å². The number of likely N-dealkylation sites (N-methyl/N-ethyl adjacent to an activating group) is 1. The molecule has 1 aliphatic rings. The molecule has 4 nitrogen and oxygen atoms in total. The average molecular weight is 226 g/mol. The fraction of sp³-hybridized carbons (Fsp3) is 0.833. The van der Waals surface area contributed by atoms with Crippen molar-refractivity contribution in [3.63, 3.8) is 0 Å². The molecule has 1 rings (SSSR count). The highest BCUT2D eigenvalue weighted by molar-refractivity contribution is 5.81. The van der Waals surface area contributed by atoms with Gasteiger partial charge >= 0.3 is 0 Å². The third-order valence-corrected chi connectivity index (χ3v) is 3.05. The van der Waals surface area contributed by atoms with Crippen molar-refractivity contribution in [2.24, 2.45) is 0 Å². The lowest BCUT2D eigenvalue weighted by Crippen LogP contribution is -2.42. The second-order valence-corrected chi connectivity index (χ2v) is 4.48. The number of ketones is 1. The Morgan fingerprint density at radius 1 is 1.38 bits per heavy atom. The first-order valence-electron chi connectivity index (χ1n) is 6.11. The zero-order valence-electron chi connectivity index (χ0n) is 10.4. The van der Waals surface area contributed by atoms with Crippen molar-refractivity contribution in [2.45, 2.75) is 32.6 Å². The van der Waals surface area contributed by atoms with Gasteiger partial charge in [0, 0.05) is 39.5 Å². The molecule has 0 aromatic heterocycles. The molecule has 0 aliphatic carbocycles. The van der Waals surface area contributed by atoms with E-state index in [0.29, 0.717) is 25.2 Å². The minimum atomic E-state index is 0.169. The Balaban J connectivity index is 2.25. The largest absolute Gasteiger partial charge is 0.345 e. The van der Waals surface area contributed by atoms with Gasteiger partial charge in [-0.1, -0.05) is 13.3 Å². The topological polar surface area (TPSA) is 40.6 Å². The number of rotatable bonds is 5. The maximum absolute atomic E-state index is 11.8. The summed E-state index contributed by atoms with van der Waals surface area (Å²) in [5.41, 5.74) is 0. The van der Waals surface area contributed by atoms with Crippen LogP contribution in [0.1, 0.15) is 32.6 Å². The predicted octanol–water partition coefficient (Wildman–Crippen LogP) is 0.910. The molecule has 0 radical (unpaired) electrons. The summed E-state index contributed by atoms with van der Waals surface area (Å²) >= 11 is 0. The lowest BCUT2D eigenvalue weighted by molar-refractivity contribution is -0.133. The Bertz CT molecular complexity index is 243. The van der Waals surface area contributed by atoms with E-state index in [4.69, 9.17) is 0 Å². The molecule has 1 amide bonds. The number of likely N-dealkylation sites (tertiary alicyclic amines) is 1. The molecule has 16 heavy (non-hydrogen) atoms. The van der Waals surface area contributed by atoms with Gasteiger partial charge in [0.15, 0.2) is 0 Å². The van der Waals surface area contributed by atoms with E-state index in [0.717, 1.165) is 32.5 Å². The van der Waals surface area contributed by atoms with Gasteiger partial charge in [-0.25, -0.2) is 0 Å². The fourth-order valence-corrected chi connectivity index (χ4v) is 1.79. The summed E-state index contributed by atoms with van der Waals surface area (Å²) in [7, 11) is 1.85. The monoisotopic (exact) mass is 226 g/mol. The van der Waals surface area contributed by atoms with Crippen LogP contribution in [-0.4, -0.2) is 54.7 Å². The number of unbranched alkanes of at least 4 members (excludes halogenated alkanes) is 1. The van der Waals surface area contributed by atoms with Crippen LogP contribution in [0.2, 0.25) is 0 Å². The highest BCUT2D eigenvalue weighted by Crippen LogP contribution is 2.05. The van der Waals surface area contributed by atoms with Crippen molar-refractivity contribution >= 4 is 11.7 Å². The van der Waals surface area contributed by atoms with Crippen LogP contribution in [0.4, 0.5) is 0 Å². The first-order chi connectivity index (χ1) is 7.63. The zero-order chi connectivity index (χ0) is 12.0. The molecule has 0 spiro atoms. The molecular formula is C12H22N2O2. The van der Waals surface area contributed by atoms with Crippen molar-refractivity contribution in [3.05, 3.63) is 0 Å². The highest BCUT2D eigenvalue weighted by atomic mass is 16.2. The van der Waals surface area contributed by atoms with Gasteiger partial charge in [0.1, 0.15) is 5.78 Å². The summed E-state index contributed by atoms with van der Waals surface area (Å²) in [6.45, 7) is 4.91. The summed E-state index contributed by atoms with van der Waals surface area (Å²) in [5, 5.41) is 0. The van der Waals surface area contributed by atoms with Crippen molar-refractivity contribution in [1.82, 2.24) is 9.80 Å². The summed E-state index contributed by atoms with van der Waals surface area (Å²) in [6.07, 6.45) is 3.37. The second-order valence-electron chi connectivity index (χ2n) is 4.48.